The minimum atomic E-state index is -0.0851. The summed E-state index contributed by atoms with van der Waals surface area (Å²) >= 11 is 5.06. The van der Waals surface area contributed by atoms with E-state index < -0.39 is 0 Å². The van der Waals surface area contributed by atoms with Gasteiger partial charge in [0.25, 0.3) is 0 Å². The molecule has 1 saturated heterocycles. The van der Waals surface area contributed by atoms with Crippen molar-refractivity contribution in [2.45, 2.75) is 18.7 Å². The minimum Gasteiger partial charge on any atom is -0.508 e. The van der Waals surface area contributed by atoms with Crippen LogP contribution in [0.3, 0.4) is 0 Å². The largest absolute Gasteiger partial charge is 0.508 e. The van der Waals surface area contributed by atoms with Crippen LogP contribution in [0.2, 0.25) is 0 Å². The zero-order chi connectivity index (χ0) is 10.4. The molecular formula is C10H10N2O2S. The van der Waals surface area contributed by atoms with E-state index in [-0.39, 0.29) is 18.0 Å². The molecule has 2 atom stereocenters. The van der Waals surface area contributed by atoms with Crippen LogP contribution in [0, 0.1) is 0 Å². The molecule has 5 heteroatoms. The first-order valence-corrected chi connectivity index (χ1v) is 5.20. The SMILES string of the molecule is Oc1ccc2c(c1)O[C@H]1C[C@H]2NC(=S)N1. The topological polar surface area (TPSA) is 53.5 Å². The Morgan fingerprint density at radius 1 is 1.40 bits per heavy atom. The summed E-state index contributed by atoms with van der Waals surface area (Å²) < 4.78 is 5.66. The molecule has 2 bridgehead atoms. The summed E-state index contributed by atoms with van der Waals surface area (Å²) in [6.07, 6.45) is 0.760. The maximum Gasteiger partial charge on any atom is 0.173 e. The third-order valence-corrected chi connectivity index (χ3v) is 2.92. The number of nitrogens with one attached hydrogen (secondary N) is 2. The average molecular weight is 222 g/mol. The van der Waals surface area contributed by atoms with Gasteiger partial charge in [-0.2, -0.15) is 0 Å². The number of fused-ring (bicyclic) bond motifs is 4. The number of ether oxygens (including phenoxy) is 1. The quantitative estimate of drug-likeness (QED) is 0.572. The zero-order valence-electron chi connectivity index (χ0n) is 7.86. The van der Waals surface area contributed by atoms with E-state index in [4.69, 9.17) is 17.0 Å². The van der Waals surface area contributed by atoms with E-state index in [1.54, 1.807) is 12.1 Å². The van der Waals surface area contributed by atoms with Gasteiger partial charge in [0.15, 0.2) is 11.3 Å². The maximum atomic E-state index is 9.36. The van der Waals surface area contributed by atoms with Crippen molar-refractivity contribution >= 4 is 17.3 Å². The summed E-state index contributed by atoms with van der Waals surface area (Å²) in [5, 5.41) is 16.2. The normalized spacial score (nSPS) is 27.1. The Morgan fingerprint density at radius 2 is 2.27 bits per heavy atom. The summed E-state index contributed by atoms with van der Waals surface area (Å²) in [7, 11) is 0. The third kappa shape index (κ3) is 1.39. The van der Waals surface area contributed by atoms with Crippen LogP contribution < -0.4 is 15.4 Å². The van der Waals surface area contributed by atoms with Gasteiger partial charge in [-0.25, -0.2) is 0 Å². The van der Waals surface area contributed by atoms with Gasteiger partial charge in [0.1, 0.15) is 11.5 Å². The molecule has 0 spiro atoms. The van der Waals surface area contributed by atoms with Crippen molar-refractivity contribution in [2.24, 2.45) is 0 Å². The summed E-state index contributed by atoms with van der Waals surface area (Å²) in [4.78, 5) is 0. The van der Waals surface area contributed by atoms with E-state index >= 15 is 0 Å². The molecule has 3 N–H and O–H groups in total. The van der Waals surface area contributed by atoms with Crippen molar-refractivity contribution < 1.29 is 9.84 Å². The molecule has 0 radical (unpaired) electrons. The Bertz CT molecular complexity index is 435. The molecule has 2 aliphatic rings. The lowest BCUT2D eigenvalue weighted by atomic mass is 9.98. The maximum absolute atomic E-state index is 9.36. The molecule has 1 fully saturated rings. The molecule has 1 aromatic rings. The molecule has 78 valence electrons. The number of benzene rings is 1. The van der Waals surface area contributed by atoms with Gasteiger partial charge < -0.3 is 20.5 Å². The summed E-state index contributed by atoms with van der Waals surface area (Å²) in [6, 6.07) is 5.35. The number of rotatable bonds is 0. The lowest BCUT2D eigenvalue weighted by Gasteiger charge is -2.38. The first kappa shape index (κ1) is 8.79. The fourth-order valence-electron chi connectivity index (χ4n) is 2.03. The van der Waals surface area contributed by atoms with Gasteiger partial charge in [-0.1, -0.05) is 0 Å². The first-order chi connectivity index (χ1) is 7.22. The highest BCUT2D eigenvalue weighted by Crippen LogP contribution is 2.37. The van der Waals surface area contributed by atoms with E-state index in [1.165, 1.54) is 0 Å². The Kier molecular flexibility index (Phi) is 1.76. The van der Waals surface area contributed by atoms with Crippen molar-refractivity contribution in [2.75, 3.05) is 0 Å². The van der Waals surface area contributed by atoms with Gasteiger partial charge in [0, 0.05) is 18.1 Å². The van der Waals surface area contributed by atoms with E-state index in [0.717, 1.165) is 17.7 Å². The van der Waals surface area contributed by atoms with Crippen LogP contribution >= 0.6 is 12.2 Å². The highest BCUT2D eigenvalue weighted by molar-refractivity contribution is 7.80. The molecule has 4 nitrogen and oxygen atoms in total. The highest BCUT2D eigenvalue weighted by atomic mass is 32.1. The lowest BCUT2D eigenvalue weighted by molar-refractivity contribution is 0.127. The molecule has 0 aliphatic carbocycles. The van der Waals surface area contributed by atoms with Crippen LogP contribution in [0.4, 0.5) is 0 Å². The number of phenolic OH excluding ortho intramolecular Hbond substituents is 1. The summed E-state index contributed by atoms with van der Waals surface area (Å²) in [6.45, 7) is 0. The van der Waals surface area contributed by atoms with Crippen molar-refractivity contribution in [1.29, 1.82) is 0 Å². The Morgan fingerprint density at radius 3 is 3.13 bits per heavy atom. The number of thiocarbonyl (C=S) groups is 1. The van der Waals surface area contributed by atoms with Gasteiger partial charge in [-0.05, 0) is 24.4 Å². The molecule has 0 aromatic heterocycles. The summed E-state index contributed by atoms with van der Waals surface area (Å²) in [5.74, 6) is 0.940. The number of hydrogen-bond donors (Lipinski definition) is 3. The molecular weight excluding hydrogens is 212 g/mol. The van der Waals surface area contributed by atoms with Crippen LogP contribution in [0.15, 0.2) is 18.2 Å². The minimum absolute atomic E-state index is 0.0851. The lowest BCUT2D eigenvalue weighted by Crippen LogP contribution is -2.54. The molecule has 2 heterocycles. The fraction of sp³-hybridized carbons (Fsp3) is 0.300. The van der Waals surface area contributed by atoms with Crippen LogP contribution in [-0.2, 0) is 0 Å². The number of aromatic hydroxyl groups is 1. The van der Waals surface area contributed by atoms with Crippen LogP contribution in [0.1, 0.15) is 18.0 Å². The van der Waals surface area contributed by atoms with E-state index in [2.05, 4.69) is 10.6 Å². The van der Waals surface area contributed by atoms with Gasteiger partial charge >= 0.3 is 0 Å². The van der Waals surface area contributed by atoms with Crippen molar-refractivity contribution in [3.63, 3.8) is 0 Å². The average Bonchev–Trinajstić information content (AvgIpc) is 2.15. The first-order valence-electron chi connectivity index (χ1n) is 4.79. The van der Waals surface area contributed by atoms with Crippen molar-refractivity contribution in [1.82, 2.24) is 10.6 Å². The molecule has 0 amide bonds. The standard InChI is InChI=1S/C10H10N2O2S/c13-5-1-2-6-7-4-9(12-10(15)11-7)14-8(6)3-5/h1-3,7,9,13H,4H2,(H2,11,12,15)/t7-,9+/m1/s1. The van der Waals surface area contributed by atoms with Gasteiger partial charge in [0.2, 0.25) is 0 Å². The Labute approximate surface area is 92.2 Å². The second kappa shape index (κ2) is 3.00. The molecule has 3 rings (SSSR count). The van der Waals surface area contributed by atoms with Crippen LogP contribution in [-0.4, -0.2) is 16.4 Å². The van der Waals surface area contributed by atoms with E-state index in [1.807, 2.05) is 6.07 Å². The van der Waals surface area contributed by atoms with Crippen LogP contribution in [0.25, 0.3) is 0 Å². The Balaban J connectivity index is 2.06. The third-order valence-electron chi connectivity index (χ3n) is 2.69. The molecule has 0 unspecified atom stereocenters. The smallest absolute Gasteiger partial charge is 0.173 e. The van der Waals surface area contributed by atoms with E-state index in [9.17, 15) is 5.11 Å². The van der Waals surface area contributed by atoms with Gasteiger partial charge in [0.05, 0.1) is 6.04 Å². The van der Waals surface area contributed by atoms with Crippen LogP contribution in [0.5, 0.6) is 11.5 Å². The monoisotopic (exact) mass is 222 g/mol. The number of phenols is 1. The molecule has 15 heavy (non-hydrogen) atoms. The predicted octanol–water partition coefficient (Wildman–Crippen LogP) is 1.02. The second-order valence-electron chi connectivity index (χ2n) is 3.73. The predicted molar refractivity (Wildman–Crippen MR) is 58.8 cm³/mol. The zero-order valence-corrected chi connectivity index (χ0v) is 8.67. The second-order valence-corrected chi connectivity index (χ2v) is 4.14. The van der Waals surface area contributed by atoms with E-state index in [0.29, 0.717) is 5.11 Å². The van der Waals surface area contributed by atoms with Crippen molar-refractivity contribution in [3.8, 4) is 11.5 Å². The van der Waals surface area contributed by atoms with Gasteiger partial charge in [-0.3, -0.25) is 0 Å². The molecule has 2 aliphatic heterocycles. The fourth-order valence-corrected chi connectivity index (χ4v) is 2.30. The Hall–Kier alpha value is -1.49. The number of hydrogen-bond acceptors (Lipinski definition) is 3. The summed E-state index contributed by atoms with van der Waals surface area (Å²) in [5.41, 5.74) is 1.05. The van der Waals surface area contributed by atoms with Gasteiger partial charge in [-0.15, -0.1) is 0 Å². The molecule has 0 saturated carbocycles. The molecule has 1 aromatic carbocycles. The van der Waals surface area contributed by atoms with Crippen molar-refractivity contribution in [3.05, 3.63) is 23.8 Å². The highest BCUT2D eigenvalue weighted by Gasteiger charge is 2.33.